The smallest absolute Gasteiger partial charge is 0.416 e. The van der Waals surface area contributed by atoms with E-state index in [1.54, 1.807) is 0 Å². The highest BCUT2D eigenvalue weighted by Gasteiger charge is 2.38. The van der Waals surface area contributed by atoms with Crippen molar-refractivity contribution < 1.29 is 36.3 Å². The van der Waals surface area contributed by atoms with Crippen LogP contribution in [0.1, 0.15) is 43.4 Å². The zero-order valence-corrected chi connectivity index (χ0v) is 19.3. The Kier molecular flexibility index (Phi) is 5.78. The minimum atomic E-state index is -4.89. The van der Waals surface area contributed by atoms with Crippen molar-refractivity contribution in [2.45, 2.75) is 12.2 Å². The van der Waals surface area contributed by atoms with E-state index in [2.05, 4.69) is 20.8 Å². The summed E-state index contributed by atoms with van der Waals surface area (Å²) in [7, 11) is 1.32. The predicted octanol–water partition coefficient (Wildman–Crippen LogP) is 5.61. The number of carbonyl (C=O) groups excluding carboxylic acids is 2. The predicted molar refractivity (Wildman–Crippen MR) is 123 cm³/mol. The van der Waals surface area contributed by atoms with Crippen LogP contribution in [0.2, 0.25) is 5.02 Å². The molecular formula is C24H14ClF5N4O3. The van der Waals surface area contributed by atoms with E-state index in [1.807, 2.05) is 0 Å². The zero-order chi connectivity index (χ0) is 26.6. The molecule has 1 unspecified atom stereocenters. The lowest BCUT2D eigenvalue weighted by molar-refractivity contribution is -0.137. The topological polar surface area (TPSA) is 96.1 Å². The van der Waals surface area contributed by atoms with Crippen molar-refractivity contribution in [2.75, 3.05) is 12.4 Å². The average molecular weight is 537 g/mol. The number of nitrogens with zero attached hydrogens (tertiary/aromatic N) is 1. The standard InChI is InChI=1S/C24H14ClF5N4O3/c1-37-23-14-8-16(31-21(35)9-4-10(24(28,29)30)6-12(27)5-9)17-18(20(14)33-34-23)22(36)32-19(17)13-7-11(26)2-3-15(13)25/h2-8,19H,1H3,(H,31,35)(H,32,36)(H,33,34). The number of amides is 2. The van der Waals surface area contributed by atoms with Gasteiger partial charge in [-0.1, -0.05) is 11.6 Å². The van der Waals surface area contributed by atoms with Gasteiger partial charge in [-0.25, -0.2) is 8.78 Å². The first-order valence-corrected chi connectivity index (χ1v) is 10.9. The summed E-state index contributed by atoms with van der Waals surface area (Å²) in [5, 5.41) is 12.2. The number of fused-ring (bicyclic) bond motifs is 3. The van der Waals surface area contributed by atoms with E-state index < -0.39 is 46.8 Å². The van der Waals surface area contributed by atoms with Gasteiger partial charge in [0.2, 0.25) is 5.88 Å². The van der Waals surface area contributed by atoms with E-state index in [0.29, 0.717) is 12.1 Å². The molecule has 1 aromatic heterocycles. The molecule has 0 saturated heterocycles. The quantitative estimate of drug-likeness (QED) is 0.296. The number of benzene rings is 3. The van der Waals surface area contributed by atoms with Crippen LogP contribution in [0.4, 0.5) is 27.6 Å². The van der Waals surface area contributed by atoms with Crippen molar-refractivity contribution in [2.24, 2.45) is 0 Å². The Morgan fingerprint density at radius 3 is 2.57 bits per heavy atom. The van der Waals surface area contributed by atoms with Crippen LogP contribution in [0.3, 0.4) is 0 Å². The zero-order valence-electron chi connectivity index (χ0n) is 18.6. The fourth-order valence-electron chi connectivity index (χ4n) is 4.27. The molecule has 2 amide bonds. The molecule has 0 spiro atoms. The molecule has 0 saturated carbocycles. The van der Waals surface area contributed by atoms with Crippen LogP contribution >= 0.6 is 11.6 Å². The highest BCUT2D eigenvalue weighted by atomic mass is 35.5. The van der Waals surface area contributed by atoms with E-state index in [4.69, 9.17) is 16.3 Å². The number of aromatic nitrogens is 2. The minimum Gasteiger partial charge on any atom is -0.480 e. The molecule has 1 atom stereocenters. The van der Waals surface area contributed by atoms with E-state index in [9.17, 15) is 31.5 Å². The molecule has 3 N–H and O–H groups in total. The van der Waals surface area contributed by atoms with Crippen molar-refractivity contribution in [1.29, 1.82) is 0 Å². The highest BCUT2D eigenvalue weighted by molar-refractivity contribution is 6.31. The molecular weight excluding hydrogens is 523 g/mol. The minimum absolute atomic E-state index is 0.0316. The van der Waals surface area contributed by atoms with Crippen LogP contribution in [0.15, 0.2) is 42.5 Å². The lowest BCUT2D eigenvalue weighted by Gasteiger charge is -2.18. The lowest BCUT2D eigenvalue weighted by Crippen LogP contribution is -2.21. The molecule has 37 heavy (non-hydrogen) atoms. The molecule has 1 aliphatic heterocycles. The Bertz CT molecular complexity index is 1600. The Morgan fingerprint density at radius 1 is 1.11 bits per heavy atom. The molecule has 13 heteroatoms. The summed E-state index contributed by atoms with van der Waals surface area (Å²) in [6.07, 6.45) is -4.89. The number of anilines is 1. The Hall–Kier alpha value is -4.19. The van der Waals surface area contributed by atoms with Crippen molar-refractivity contribution >= 4 is 40.0 Å². The molecule has 0 fully saturated rings. The van der Waals surface area contributed by atoms with Crippen molar-refractivity contribution in [3.05, 3.63) is 86.9 Å². The second kappa shape index (κ2) is 8.73. The maximum atomic E-state index is 14.1. The van der Waals surface area contributed by atoms with Crippen LogP contribution in [0.25, 0.3) is 10.9 Å². The fraction of sp³-hybridized carbons (Fsp3) is 0.125. The van der Waals surface area contributed by atoms with E-state index in [0.717, 1.165) is 12.1 Å². The van der Waals surface area contributed by atoms with Crippen molar-refractivity contribution in [1.82, 2.24) is 15.5 Å². The summed E-state index contributed by atoms with van der Waals surface area (Å²) in [6.45, 7) is 0. The van der Waals surface area contributed by atoms with Crippen LogP contribution in [0, 0.1) is 11.6 Å². The molecule has 3 aromatic carbocycles. The van der Waals surface area contributed by atoms with Gasteiger partial charge in [-0.2, -0.15) is 13.2 Å². The van der Waals surface area contributed by atoms with Gasteiger partial charge in [-0.15, -0.1) is 5.10 Å². The second-order valence-corrected chi connectivity index (χ2v) is 8.53. The first kappa shape index (κ1) is 24.5. The third-order valence-corrected chi connectivity index (χ3v) is 6.20. The SMILES string of the molecule is COc1n[nH]c2c3c(c(NC(=O)c4cc(F)cc(C(F)(F)F)c4)cc12)C(c1cc(F)ccc1Cl)NC3=O. The van der Waals surface area contributed by atoms with Crippen LogP contribution in [-0.4, -0.2) is 29.1 Å². The van der Waals surface area contributed by atoms with Gasteiger partial charge < -0.3 is 15.4 Å². The van der Waals surface area contributed by atoms with E-state index in [-0.39, 0.29) is 50.2 Å². The molecule has 2 heterocycles. The van der Waals surface area contributed by atoms with Crippen molar-refractivity contribution in [3.8, 4) is 5.88 Å². The van der Waals surface area contributed by atoms with Crippen LogP contribution in [-0.2, 0) is 6.18 Å². The van der Waals surface area contributed by atoms with Gasteiger partial charge in [0.05, 0.1) is 35.2 Å². The first-order chi connectivity index (χ1) is 17.5. The molecule has 0 aliphatic carbocycles. The Balaban J connectivity index is 1.69. The van der Waals surface area contributed by atoms with Gasteiger partial charge in [-0.3, -0.25) is 14.7 Å². The number of hydrogen-bond donors (Lipinski definition) is 3. The van der Waals surface area contributed by atoms with Gasteiger partial charge in [0.15, 0.2) is 0 Å². The van der Waals surface area contributed by atoms with Gasteiger partial charge in [0, 0.05) is 27.4 Å². The average Bonchev–Trinajstić information content (AvgIpc) is 3.40. The molecule has 7 nitrogen and oxygen atoms in total. The summed E-state index contributed by atoms with van der Waals surface area (Å²) >= 11 is 6.27. The maximum absolute atomic E-state index is 14.1. The number of H-pyrrole nitrogens is 1. The first-order valence-electron chi connectivity index (χ1n) is 10.5. The van der Waals surface area contributed by atoms with Crippen LogP contribution in [0.5, 0.6) is 5.88 Å². The van der Waals surface area contributed by atoms with Gasteiger partial charge in [0.25, 0.3) is 11.8 Å². The van der Waals surface area contributed by atoms with Gasteiger partial charge in [-0.05, 0) is 42.5 Å². The molecule has 0 bridgehead atoms. The number of halogens is 6. The molecule has 5 rings (SSSR count). The summed E-state index contributed by atoms with van der Waals surface area (Å²) in [5.74, 6) is -3.54. The Morgan fingerprint density at radius 2 is 1.86 bits per heavy atom. The molecule has 190 valence electrons. The summed E-state index contributed by atoms with van der Waals surface area (Å²) in [6, 6.07) is 5.27. The normalized spacial score (nSPS) is 15.0. The number of rotatable bonds is 4. The third kappa shape index (κ3) is 4.22. The summed E-state index contributed by atoms with van der Waals surface area (Å²) in [4.78, 5) is 26.1. The monoisotopic (exact) mass is 536 g/mol. The number of carbonyl (C=O) groups is 2. The fourth-order valence-corrected chi connectivity index (χ4v) is 4.49. The maximum Gasteiger partial charge on any atom is 0.416 e. The number of nitrogens with one attached hydrogen (secondary N) is 3. The number of ether oxygens (including phenoxy) is 1. The lowest BCUT2D eigenvalue weighted by atomic mass is 9.94. The Labute approximate surface area is 209 Å². The molecule has 1 aliphatic rings. The van der Waals surface area contributed by atoms with Gasteiger partial charge >= 0.3 is 6.18 Å². The van der Waals surface area contributed by atoms with E-state index in [1.165, 1.54) is 19.2 Å². The number of hydrogen-bond acceptors (Lipinski definition) is 4. The summed E-state index contributed by atoms with van der Waals surface area (Å²) < 4.78 is 72.8. The highest BCUT2D eigenvalue weighted by Crippen LogP contribution is 2.44. The number of methoxy groups -OCH3 is 1. The number of alkyl halides is 3. The second-order valence-electron chi connectivity index (χ2n) is 8.12. The van der Waals surface area contributed by atoms with E-state index >= 15 is 0 Å². The molecule has 4 aromatic rings. The van der Waals surface area contributed by atoms with Crippen molar-refractivity contribution in [3.63, 3.8) is 0 Å². The third-order valence-electron chi connectivity index (χ3n) is 5.86. The van der Waals surface area contributed by atoms with Crippen LogP contribution < -0.4 is 15.4 Å². The number of aromatic amines is 1. The molecule has 0 radical (unpaired) electrons. The van der Waals surface area contributed by atoms with Gasteiger partial charge in [0.1, 0.15) is 11.6 Å². The summed E-state index contributed by atoms with van der Waals surface area (Å²) in [5.41, 5.74) is -1.41. The largest absolute Gasteiger partial charge is 0.480 e.